The van der Waals surface area contributed by atoms with Gasteiger partial charge < -0.3 is 10.3 Å². The van der Waals surface area contributed by atoms with Gasteiger partial charge in [-0.1, -0.05) is 76.2 Å². The average Bonchev–Trinajstić information content (AvgIpc) is 3.26. The molecular weight excluding hydrogens is 404 g/mol. The van der Waals surface area contributed by atoms with Crippen LogP contribution in [0.1, 0.15) is 93.1 Å². The van der Waals surface area contributed by atoms with Gasteiger partial charge in [0.1, 0.15) is 0 Å². The van der Waals surface area contributed by atoms with Crippen LogP contribution in [0.4, 0.5) is 0 Å². The molecule has 0 fully saturated rings. The van der Waals surface area contributed by atoms with Gasteiger partial charge in [-0.05, 0) is 34.6 Å². The highest BCUT2D eigenvalue weighted by Crippen LogP contribution is 2.43. The van der Waals surface area contributed by atoms with E-state index in [1.165, 1.54) is 27.9 Å². The fourth-order valence-corrected chi connectivity index (χ4v) is 5.43. The van der Waals surface area contributed by atoms with Crippen LogP contribution >= 0.6 is 0 Å². The van der Waals surface area contributed by atoms with Crippen LogP contribution in [0.2, 0.25) is 0 Å². The summed E-state index contributed by atoms with van der Waals surface area (Å²) in [4.78, 5) is 13.5. The molecule has 2 aromatic heterocycles. The topological polar surface area (TPSA) is 53.1 Å². The molecule has 0 bridgehead atoms. The minimum atomic E-state index is 0.0327. The van der Waals surface area contributed by atoms with Crippen molar-refractivity contribution in [1.82, 2.24) is 15.3 Å². The summed E-state index contributed by atoms with van der Waals surface area (Å²) in [5.41, 5.74) is 8.73. The van der Waals surface area contributed by atoms with Crippen LogP contribution in [-0.4, -0.2) is 22.2 Å². The Kier molecular flexibility index (Phi) is 5.46. The van der Waals surface area contributed by atoms with Crippen LogP contribution < -0.4 is 5.32 Å². The van der Waals surface area contributed by atoms with E-state index >= 15 is 0 Å². The molecule has 2 aliphatic heterocycles. The molecule has 2 aromatic rings. The normalized spacial score (nSPS) is 21.6. The van der Waals surface area contributed by atoms with E-state index in [4.69, 9.17) is 9.98 Å². The van der Waals surface area contributed by atoms with Gasteiger partial charge in [-0.2, -0.15) is 0 Å². The summed E-state index contributed by atoms with van der Waals surface area (Å²) in [7, 11) is 0. The molecule has 0 saturated heterocycles. The number of hydrogen-bond acceptors (Lipinski definition) is 3. The maximum Gasteiger partial charge on any atom is 0.0865 e. The molecule has 2 atom stereocenters. The van der Waals surface area contributed by atoms with E-state index < -0.39 is 0 Å². The lowest BCUT2D eigenvalue weighted by Crippen LogP contribution is -2.36. The molecule has 2 N–H and O–H groups in total. The number of nitrogens with one attached hydrogen (secondary N) is 2. The van der Waals surface area contributed by atoms with E-state index in [1.807, 2.05) is 6.20 Å². The minimum Gasteiger partial charge on any atom is -0.375 e. The maximum atomic E-state index is 4.93. The first kappa shape index (κ1) is 23.8. The van der Waals surface area contributed by atoms with Crippen LogP contribution in [0.3, 0.4) is 0 Å². The second-order valence-corrected chi connectivity index (χ2v) is 13.3. The predicted octanol–water partition coefficient (Wildman–Crippen LogP) is 7.13. The molecule has 0 aromatic carbocycles. The number of rotatable bonds is 2. The number of pyridine rings is 1. The Morgan fingerprint density at radius 3 is 2.12 bits per heavy atom. The molecule has 0 amide bonds. The molecule has 0 aliphatic carbocycles. The number of nitrogens with zero attached hydrogens (tertiary/aromatic N) is 2. The Hall–Kier alpha value is -2.36. The van der Waals surface area contributed by atoms with E-state index in [0.29, 0.717) is 11.8 Å². The van der Waals surface area contributed by atoms with Crippen LogP contribution in [0, 0.1) is 17.3 Å². The second-order valence-electron chi connectivity index (χ2n) is 13.3. The molecule has 4 heteroatoms. The number of fused-ring (bicyclic) bond motifs is 2. The lowest BCUT2D eigenvalue weighted by Gasteiger charge is -2.33. The number of aromatic amines is 1. The molecule has 0 radical (unpaired) electrons. The van der Waals surface area contributed by atoms with Gasteiger partial charge in [-0.15, -0.1) is 0 Å². The van der Waals surface area contributed by atoms with Gasteiger partial charge in [0.25, 0.3) is 0 Å². The molecule has 2 unspecified atom stereocenters. The van der Waals surface area contributed by atoms with E-state index in [2.05, 4.69) is 105 Å². The summed E-state index contributed by atoms with van der Waals surface area (Å²) < 4.78 is 0. The predicted molar refractivity (Wildman–Crippen MR) is 142 cm³/mol. The van der Waals surface area contributed by atoms with Gasteiger partial charge in [0.2, 0.25) is 0 Å². The Morgan fingerprint density at radius 2 is 1.58 bits per heavy atom. The molecule has 33 heavy (non-hydrogen) atoms. The van der Waals surface area contributed by atoms with Crippen LogP contribution in [-0.2, 0) is 10.8 Å². The van der Waals surface area contributed by atoms with Crippen molar-refractivity contribution in [3.05, 3.63) is 46.6 Å². The van der Waals surface area contributed by atoms with E-state index in [0.717, 1.165) is 16.9 Å². The number of aliphatic imine (C=N–C) groups is 1. The summed E-state index contributed by atoms with van der Waals surface area (Å²) in [6.07, 6.45) is 6.50. The molecule has 0 saturated carbocycles. The summed E-state index contributed by atoms with van der Waals surface area (Å²) >= 11 is 0. The SMILES string of the molecule is CC(C)C1=C(C(C)(C)C)N=CC2NC(c3cc4c(C(C)(C)C)c(C(C)(C)C)[nH]c4cn3)=CC12. The number of hydrogen-bond donors (Lipinski definition) is 2. The quantitative estimate of drug-likeness (QED) is 0.515. The molecular formula is C29H42N4. The first-order valence-corrected chi connectivity index (χ1v) is 12.4. The van der Waals surface area contributed by atoms with E-state index in [-0.39, 0.29) is 22.3 Å². The fourth-order valence-electron chi connectivity index (χ4n) is 5.43. The van der Waals surface area contributed by atoms with Crippen LogP contribution in [0.15, 0.2) is 34.6 Å². The number of aromatic nitrogens is 2. The zero-order valence-electron chi connectivity index (χ0n) is 22.4. The Balaban J connectivity index is 1.84. The summed E-state index contributed by atoms with van der Waals surface area (Å²) in [6.45, 7) is 25.1. The fraction of sp³-hybridized carbons (Fsp3) is 0.586. The smallest absolute Gasteiger partial charge is 0.0865 e. The van der Waals surface area contributed by atoms with Crippen LogP contribution in [0.25, 0.3) is 16.6 Å². The highest BCUT2D eigenvalue weighted by Gasteiger charge is 2.38. The first-order chi connectivity index (χ1) is 15.1. The summed E-state index contributed by atoms with van der Waals surface area (Å²) in [6, 6.07) is 2.47. The van der Waals surface area contributed by atoms with Crippen molar-refractivity contribution >= 4 is 22.8 Å². The zero-order valence-corrected chi connectivity index (χ0v) is 22.4. The molecule has 4 heterocycles. The summed E-state index contributed by atoms with van der Waals surface area (Å²) in [5, 5.41) is 5.01. The van der Waals surface area contributed by atoms with Crippen molar-refractivity contribution < 1.29 is 0 Å². The Labute approximate surface area is 200 Å². The number of H-pyrrole nitrogens is 1. The van der Waals surface area contributed by atoms with Crippen molar-refractivity contribution in [1.29, 1.82) is 0 Å². The lowest BCUT2D eigenvalue weighted by atomic mass is 9.76. The van der Waals surface area contributed by atoms with E-state index in [1.54, 1.807) is 0 Å². The Morgan fingerprint density at radius 1 is 0.909 bits per heavy atom. The van der Waals surface area contributed by atoms with Crippen molar-refractivity contribution in [3.63, 3.8) is 0 Å². The van der Waals surface area contributed by atoms with Crippen molar-refractivity contribution in [2.24, 2.45) is 22.2 Å². The largest absolute Gasteiger partial charge is 0.375 e. The van der Waals surface area contributed by atoms with Crippen molar-refractivity contribution in [3.8, 4) is 0 Å². The highest BCUT2D eigenvalue weighted by molar-refractivity contribution is 5.89. The molecule has 0 spiro atoms. The summed E-state index contributed by atoms with van der Waals surface area (Å²) in [5.74, 6) is 0.770. The van der Waals surface area contributed by atoms with Crippen LogP contribution in [0.5, 0.6) is 0 Å². The first-order valence-electron chi connectivity index (χ1n) is 12.4. The highest BCUT2D eigenvalue weighted by atomic mass is 15.0. The second kappa shape index (κ2) is 7.58. The van der Waals surface area contributed by atoms with Gasteiger partial charge in [0.05, 0.1) is 29.1 Å². The Bertz CT molecular complexity index is 1170. The standard InChI is InChI=1S/C29H42N4/c1-16(2)23-17-12-20(32-21(17)15-31-25(23)28(6,7)8)19-13-18-22(14-30-19)33-26(29(9,10)11)24(18)27(3,4)5/h12-17,21,32-33H,1-11H3. The molecule has 178 valence electrons. The van der Waals surface area contributed by atoms with Gasteiger partial charge in [0, 0.05) is 39.7 Å². The monoisotopic (exact) mass is 446 g/mol. The van der Waals surface area contributed by atoms with Gasteiger partial charge in [-0.25, -0.2) is 0 Å². The maximum absolute atomic E-state index is 4.93. The average molecular weight is 447 g/mol. The van der Waals surface area contributed by atoms with Crippen molar-refractivity contribution in [2.45, 2.75) is 93.0 Å². The van der Waals surface area contributed by atoms with Gasteiger partial charge >= 0.3 is 0 Å². The van der Waals surface area contributed by atoms with Gasteiger partial charge in [-0.3, -0.25) is 9.98 Å². The third kappa shape index (κ3) is 4.18. The number of allylic oxidation sites excluding steroid dienone is 1. The minimum absolute atomic E-state index is 0.0327. The lowest BCUT2D eigenvalue weighted by molar-refractivity contribution is 0.454. The zero-order chi connectivity index (χ0) is 24.5. The molecule has 2 aliphatic rings. The van der Waals surface area contributed by atoms with E-state index in [9.17, 15) is 0 Å². The third-order valence-electron chi connectivity index (χ3n) is 6.84. The third-order valence-corrected chi connectivity index (χ3v) is 6.84. The molecule has 4 rings (SSSR count). The molecule has 4 nitrogen and oxygen atoms in total. The van der Waals surface area contributed by atoms with Crippen molar-refractivity contribution in [2.75, 3.05) is 0 Å². The van der Waals surface area contributed by atoms with Gasteiger partial charge in [0.15, 0.2) is 0 Å².